The van der Waals surface area contributed by atoms with E-state index in [4.69, 9.17) is 16.3 Å². The number of carbonyl (C=O) groups excluding carboxylic acids is 1. The van der Waals surface area contributed by atoms with E-state index in [0.717, 1.165) is 18.4 Å². The Morgan fingerprint density at radius 3 is 2.44 bits per heavy atom. The van der Waals surface area contributed by atoms with Crippen molar-refractivity contribution in [3.05, 3.63) is 65.2 Å². The maximum atomic E-state index is 12.8. The molecule has 0 aliphatic heterocycles. The van der Waals surface area contributed by atoms with Crippen LogP contribution in [0.25, 0.3) is 0 Å². The first-order chi connectivity index (χ1) is 12.0. The van der Waals surface area contributed by atoms with Crippen LogP contribution >= 0.6 is 11.6 Å². The van der Waals surface area contributed by atoms with Crippen molar-refractivity contribution in [2.45, 2.75) is 30.7 Å². The van der Waals surface area contributed by atoms with Crippen LogP contribution in [0.5, 0.6) is 5.75 Å². The second kappa shape index (κ2) is 6.78. The first-order valence-electron chi connectivity index (χ1n) is 8.15. The molecular formula is C20H19ClN2O2. The minimum atomic E-state index is -1.11. The van der Waals surface area contributed by atoms with E-state index in [0.29, 0.717) is 10.8 Å². The van der Waals surface area contributed by atoms with Crippen molar-refractivity contribution in [2.24, 2.45) is 0 Å². The highest BCUT2D eigenvalue weighted by atomic mass is 35.5. The Bertz CT molecular complexity index is 795. The molecule has 3 rings (SSSR count). The Balaban J connectivity index is 1.67. The minimum Gasteiger partial charge on any atom is -0.490 e. The van der Waals surface area contributed by atoms with Gasteiger partial charge >= 0.3 is 0 Å². The van der Waals surface area contributed by atoms with Crippen molar-refractivity contribution in [1.82, 2.24) is 5.32 Å². The molecule has 1 N–H and O–H groups in total. The van der Waals surface area contributed by atoms with Crippen LogP contribution in [-0.4, -0.2) is 18.1 Å². The molecule has 1 fully saturated rings. The first kappa shape index (κ1) is 17.3. The van der Waals surface area contributed by atoms with E-state index < -0.39 is 11.0 Å². The molecule has 0 spiro atoms. The average molecular weight is 355 g/mol. The molecule has 0 saturated heterocycles. The van der Waals surface area contributed by atoms with Gasteiger partial charge in [0, 0.05) is 5.02 Å². The molecule has 2 aromatic rings. The quantitative estimate of drug-likeness (QED) is 0.857. The molecule has 0 bridgehead atoms. The number of benzene rings is 2. The number of halogens is 1. The third kappa shape index (κ3) is 3.78. The van der Waals surface area contributed by atoms with Gasteiger partial charge in [-0.15, -0.1) is 0 Å². The maximum absolute atomic E-state index is 12.8. The molecule has 0 radical (unpaired) electrons. The van der Waals surface area contributed by atoms with Gasteiger partial charge < -0.3 is 10.1 Å². The van der Waals surface area contributed by atoms with Crippen molar-refractivity contribution < 1.29 is 9.53 Å². The summed E-state index contributed by atoms with van der Waals surface area (Å²) < 4.78 is 5.66. The molecule has 1 aliphatic carbocycles. The summed E-state index contributed by atoms with van der Waals surface area (Å²) in [5.41, 5.74) is -0.632. The van der Waals surface area contributed by atoms with Crippen LogP contribution in [-0.2, 0) is 10.2 Å². The van der Waals surface area contributed by atoms with E-state index in [-0.39, 0.29) is 12.5 Å². The first-order valence-corrected chi connectivity index (χ1v) is 8.53. The summed E-state index contributed by atoms with van der Waals surface area (Å²) >= 11 is 5.85. The molecule has 1 unspecified atom stereocenters. The molecule has 1 amide bonds. The van der Waals surface area contributed by atoms with Crippen LogP contribution in [0.2, 0.25) is 5.02 Å². The highest BCUT2D eigenvalue weighted by Gasteiger charge is 2.52. The third-order valence-electron chi connectivity index (χ3n) is 4.49. The lowest BCUT2D eigenvalue weighted by atomic mass is 9.93. The van der Waals surface area contributed by atoms with Gasteiger partial charge in [0.15, 0.2) is 5.54 Å². The zero-order valence-corrected chi connectivity index (χ0v) is 14.7. The molecule has 2 aromatic carbocycles. The molecule has 1 atom stereocenters. The van der Waals surface area contributed by atoms with E-state index in [1.807, 2.05) is 30.3 Å². The standard InChI is InChI=1S/C20H19ClN2O2/c1-19(13-22,14-25-17-9-7-16(21)8-10-17)23-18(24)20(11-12-20)15-5-3-2-4-6-15/h2-10H,11-12,14H2,1H3,(H,23,24). The van der Waals surface area contributed by atoms with E-state index in [2.05, 4.69) is 11.4 Å². The van der Waals surface area contributed by atoms with Crippen LogP contribution in [0, 0.1) is 11.3 Å². The largest absolute Gasteiger partial charge is 0.490 e. The molecule has 0 aromatic heterocycles. The summed E-state index contributed by atoms with van der Waals surface area (Å²) in [5, 5.41) is 13.0. The van der Waals surface area contributed by atoms with Crippen LogP contribution < -0.4 is 10.1 Å². The fraction of sp³-hybridized carbons (Fsp3) is 0.300. The summed E-state index contributed by atoms with van der Waals surface area (Å²) in [6.45, 7) is 1.73. The molecule has 1 saturated carbocycles. The fourth-order valence-corrected chi connectivity index (χ4v) is 2.88. The number of amides is 1. The molecule has 0 heterocycles. The minimum absolute atomic E-state index is 0.0573. The van der Waals surface area contributed by atoms with Crippen molar-refractivity contribution in [3.63, 3.8) is 0 Å². The highest BCUT2D eigenvalue weighted by Crippen LogP contribution is 2.48. The maximum Gasteiger partial charge on any atom is 0.231 e. The van der Waals surface area contributed by atoms with Gasteiger partial charge in [-0.05, 0) is 49.6 Å². The summed E-state index contributed by atoms with van der Waals surface area (Å²) in [7, 11) is 0. The smallest absolute Gasteiger partial charge is 0.231 e. The number of ether oxygens (including phenoxy) is 1. The van der Waals surface area contributed by atoms with Crippen molar-refractivity contribution in [2.75, 3.05) is 6.61 Å². The van der Waals surface area contributed by atoms with Crippen LogP contribution in [0.1, 0.15) is 25.3 Å². The van der Waals surface area contributed by atoms with E-state index in [1.54, 1.807) is 31.2 Å². The number of nitrogens with zero attached hydrogens (tertiary/aromatic N) is 1. The third-order valence-corrected chi connectivity index (χ3v) is 4.74. The van der Waals surface area contributed by atoms with Gasteiger partial charge in [0.05, 0.1) is 11.5 Å². The predicted molar refractivity (Wildman–Crippen MR) is 96.5 cm³/mol. The molecular weight excluding hydrogens is 336 g/mol. The van der Waals surface area contributed by atoms with E-state index in [9.17, 15) is 10.1 Å². The van der Waals surface area contributed by atoms with Gasteiger partial charge in [-0.2, -0.15) is 5.26 Å². The number of rotatable bonds is 6. The zero-order chi connectivity index (χ0) is 17.9. The number of hydrogen-bond acceptors (Lipinski definition) is 3. The average Bonchev–Trinajstić information content (AvgIpc) is 3.44. The lowest BCUT2D eigenvalue weighted by molar-refractivity contribution is -0.125. The van der Waals surface area contributed by atoms with Gasteiger partial charge in [0.2, 0.25) is 5.91 Å². The number of nitrogens with one attached hydrogen (secondary N) is 1. The molecule has 5 heteroatoms. The molecule has 25 heavy (non-hydrogen) atoms. The van der Waals surface area contributed by atoms with Crippen LogP contribution in [0.3, 0.4) is 0 Å². The van der Waals surface area contributed by atoms with Gasteiger partial charge in [-0.3, -0.25) is 4.79 Å². The Labute approximate surface area is 152 Å². The Hall–Kier alpha value is -2.51. The topological polar surface area (TPSA) is 62.1 Å². The monoisotopic (exact) mass is 354 g/mol. The number of carbonyl (C=O) groups is 1. The molecule has 128 valence electrons. The summed E-state index contributed by atoms with van der Waals surface area (Å²) in [4.78, 5) is 12.8. The van der Waals surface area contributed by atoms with Crippen molar-refractivity contribution in [3.8, 4) is 11.8 Å². The lowest BCUT2D eigenvalue weighted by Crippen LogP contribution is -2.52. The van der Waals surface area contributed by atoms with E-state index in [1.165, 1.54) is 0 Å². The normalized spacial score (nSPS) is 17.0. The summed E-state index contributed by atoms with van der Waals surface area (Å²) in [6, 6.07) is 18.8. The summed E-state index contributed by atoms with van der Waals surface area (Å²) in [6.07, 6.45) is 1.59. The number of nitriles is 1. The number of hydrogen-bond donors (Lipinski definition) is 1. The highest BCUT2D eigenvalue weighted by molar-refractivity contribution is 6.30. The SMILES string of the molecule is CC(C#N)(COc1ccc(Cl)cc1)NC(=O)C1(c2ccccc2)CC1. The lowest BCUT2D eigenvalue weighted by Gasteiger charge is -2.26. The van der Waals surface area contributed by atoms with Crippen molar-refractivity contribution >= 4 is 17.5 Å². The van der Waals surface area contributed by atoms with Gasteiger partial charge in [-0.25, -0.2) is 0 Å². The zero-order valence-electron chi connectivity index (χ0n) is 14.0. The Kier molecular flexibility index (Phi) is 4.69. The van der Waals surface area contributed by atoms with Gasteiger partial charge in [0.1, 0.15) is 12.4 Å². The second-order valence-corrected chi connectivity index (χ2v) is 7.03. The van der Waals surface area contributed by atoms with Crippen LogP contribution in [0.4, 0.5) is 0 Å². The molecule has 1 aliphatic rings. The van der Waals surface area contributed by atoms with Gasteiger partial charge in [0.25, 0.3) is 0 Å². The van der Waals surface area contributed by atoms with E-state index >= 15 is 0 Å². The molecule has 4 nitrogen and oxygen atoms in total. The van der Waals surface area contributed by atoms with Gasteiger partial charge in [-0.1, -0.05) is 41.9 Å². The van der Waals surface area contributed by atoms with Crippen LogP contribution in [0.15, 0.2) is 54.6 Å². The second-order valence-electron chi connectivity index (χ2n) is 6.59. The predicted octanol–water partition coefficient (Wildman–Crippen LogP) is 3.85. The Morgan fingerprint density at radius 1 is 1.24 bits per heavy atom. The summed E-state index contributed by atoms with van der Waals surface area (Å²) in [5.74, 6) is 0.478. The Morgan fingerprint density at radius 2 is 1.88 bits per heavy atom. The fourth-order valence-electron chi connectivity index (χ4n) is 2.75. The van der Waals surface area contributed by atoms with Crippen molar-refractivity contribution in [1.29, 1.82) is 5.26 Å².